The Hall–Kier alpha value is -2.26. The van der Waals surface area contributed by atoms with Crippen LogP contribution in [-0.4, -0.2) is 49.6 Å². The summed E-state index contributed by atoms with van der Waals surface area (Å²) < 4.78 is 27.1. The van der Waals surface area contributed by atoms with Gasteiger partial charge in [0.05, 0.1) is 11.0 Å². The van der Waals surface area contributed by atoms with Gasteiger partial charge in [-0.3, -0.25) is 9.69 Å². The molecule has 2 aromatic rings. The maximum absolute atomic E-state index is 12.4. The SMILES string of the molecule is O=C(NCc1ccc(CN2CCC(O)CC2)cc1)c1ccc(S(=O)(=O)NC2CC2)cc1. The van der Waals surface area contributed by atoms with Gasteiger partial charge in [-0.15, -0.1) is 0 Å². The van der Waals surface area contributed by atoms with Crippen LogP contribution in [-0.2, 0) is 23.1 Å². The van der Waals surface area contributed by atoms with E-state index in [1.165, 1.54) is 29.8 Å². The summed E-state index contributed by atoms with van der Waals surface area (Å²) in [5.41, 5.74) is 2.64. The summed E-state index contributed by atoms with van der Waals surface area (Å²) in [6.45, 7) is 3.09. The first-order valence-electron chi connectivity index (χ1n) is 10.8. The summed E-state index contributed by atoms with van der Waals surface area (Å²) in [7, 11) is -3.51. The number of piperidine rings is 1. The number of likely N-dealkylation sites (tertiary alicyclic amines) is 1. The number of rotatable bonds is 8. The van der Waals surface area contributed by atoms with Gasteiger partial charge in [-0.05, 0) is 61.1 Å². The number of nitrogens with one attached hydrogen (secondary N) is 2. The molecule has 1 saturated carbocycles. The smallest absolute Gasteiger partial charge is 0.251 e. The minimum atomic E-state index is -3.51. The highest BCUT2D eigenvalue weighted by Gasteiger charge is 2.28. The first-order valence-corrected chi connectivity index (χ1v) is 12.3. The molecule has 0 aromatic heterocycles. The predicted octanol–water partition coefficient (Wildman–Crippen LogP) is 2.01. The van der Waals surface area contributed by atoms with E-state index < -0.39 is 10.0 Å². The lowest BCUT2D eigenvalue weighted by molar-refractivity contribution is 0.0792. The zero-order chi connectivity index (χ0) is 21.8. The van der Waals surface area contributed by atoms with Gasteiger partial charge >= 0.3 is 0 Å². The molecule has 0 atom stereocenters. The van der Waals surface area contributed by atoms with Crippen LogP contribution in [0.5, 0.6) is 0 Å². The lowest BCUT2D eigenvalue weighted by Gasteiger charge is -2.29. The van der Waals surface area contributed by atoms with Crippen molar-refractivity contribution in [3.05, 3.63) is 65.2 Å². The quantitative estimate of drug-likeness (QED) is 0.580. The Morgan fingerprint density at radius 1 is 0.935 bits per heavy atom. The zero-order valence-corrected chi connectivity index (χ0v) is 18.3. The van der Waals surface area contributed by atoms with Crippen molar-refractivity contribution in [2.24, 2.45) is 0 Å². The molecule has 2 fully saturated rings. The van der Waals surface area contributed by atoms with Crippen LogP contribution in [0.2, 0.25) is 0 Å². The van der Waals surface area contributed by atoms with Crippen LogP contribution in [0.15, 0.2) is 53.4 Å². The lowest BCUT2D eigenvalue weighted by atomic mass is 10.1. The van der Waals surface area contributed by atoms with Crippen LogP contribution in [0.1, 0.15) is 47.2 Å². The normalized spacial score (nSPS) is 18.1. The molecule has 1 aliphatic carbocycles. The van der Waals surface area contributed by atoms with Crippen LogP contribution in [0.4, 0.5) is 0 Å². The van der Waals surface area contributed by atoms with Gasteiger partial charge in [-0.1, -0.05) is 24.3 Å². The van der Waals surface area contributed by atoms with E-state index in [9.17, 15) is 18.3 Å². The first kappa shape index (κ1) is 22.0. The molecule has 1 amide bonds. The predicted molar refractivity (Wildman–Crippen MR) is 118 cm³/mol. The summed E-state index contributed by atoms with van der Waals surface area (Å²) in [6.07, 6.45) is 3.25. The molecule has 7 nitrogen and oxygen atoms in total. The fourth-order valence-corrected chi connectivity index (χ4v) is 4.96. The molecule has 166 valence electrons. The monoisotopic (exact) mass is 443 g/mol. The molecule has 3 N–H and O–H groups in total. The summed E-state index contributed by atoms with van der Waals surface area (Å²) in [5.74, 6) is -0.241. The third kappa shape index (κ3) is 6.13. The van der Waals surface area contributed by atoms with Crippen LogP contribution < -0.4 is 10.0 Å². The number of aliphatic hydroxyl groups is 1. The lowest BCUT2D eigenvalue weighted by Crippen LogP contribution is -2.35. The van der Waals surface area contributed by atoms with E-state index in [-0.39, 0.29) is 22.9 Å². The van der Waals surface area contributed by atoms with Crippen molar-refractivity contribution >= 4 is 15.9 Å². The van der Waals surface area contributed by atoms with Gasteiger partial charge < -0.3 is 10.4 Å². The molecule has 1 heterocycles. The van der Waals surface area contributed by atoms with Crippen molar-refractivity contribution < 1.29 is 18.3 Å². The van der Waals surface area contributed by atoms with E-state index in [1.54, 1.807) is 0 Å². The average Bonchev–Trinajstić information content (AvgIpc) is 3.58. The summed E-state index contributed by atoms with van der Waals surface area (Å²) in [6, 6.07) is 14.2. The summed E-state index contributed by atoms with van der Waals surface area (Å²) in [4.78, 5) is 14.9. The highest BCUT2D eigenvalue weighted by molar-refractivity contribution is 7.89. The number of carbonyl (C=O) groups is 1. The highest BCUT2D eigenvalue weighted by Crippen LogP contribution is 2.22. The molecule has 0 unspecified atom stereocenters. The third-order valence-electron chi connectivity index (χ3n) is 5.77. The fourth-order valence-electron chi connectivity index (χ4n) is 3.66. The molecule has 1 aliphatic heterocycles. The molecule has 1 saturated heterocycles. The maximum Gasteiger partial charge on any atom is 0.251 e. The number of sulfonamides is 1. The molecule has 2 aliphatic rings. The second-order valence-electron chi connectivity index (χ2n) is 8.43. The van der Waals surface area contributed by atoms with Crippen molar-refractivity contribution in [1.82, 2.24) is 14.9 Å². The summed E-state index contributed by atoms with van der Waals surface area (Å²) >= 11 is 0. The third-order valence-corrected chi connectivity index (χ3v) is 7.30. The van der Waals surface area contributed by atoms with Gasteiger partial charge in [0, 0.05) is 37.8 Å². The molecule has 4 rings (SSSR count). The molecule has 0 radical (unpaired) electrons. The van der Waals surface area contributed by atoms with Gasteiger partial charge in [-0.25, -0.2) is 13.1 Å². The number of carbonyl (C=O) groups excluding carboxylic acids is 1. The number of amides is 1. The van der Waals surface area contributed by atoms with Crippen molar-refractivity contribution in [3.63, 3.8) is 0 Å². The number of hydrogen-bond acceptors (Lipinski definition) is 5. The number of aliphatic hydroxyl groups excluding tert-OH is 1. The van der Waals surface area contributed by atoms with Crippen LogP contribution in [0.25, 0.3) is 0 Å². The Morgan fingerprint density at radius 3 is 2.16 bits per heavy atom. The first-order chi connectivity index (χ1) is 14.9. The van der Waals surface area contributed by atoms with Crippen molar-refractivity contribution in [2.75, 3.05) is 13.1 Å². The van der Waals surface area contributed by atoms with E-state index in [1.807, 2.05) is 12.1 Å². The second kappa shape index (κ2) is 9.48. The van der Waals surface area contributed by atoms with E-state index in [4.69, 9.17) is 0 Å². The van der Waals surface area contributed by atoms with Crippen molar-refractivity contribution in [3.8, 4) is 0 Å². The second-order valence-corrected chi connectivity index (χ2v) is 10.1. The van der Waals surface area contributed by atoms with Crippen molar-refractivity contribution in [1.29, 1.82) is 0 Å². The van der Waals surface area contributed by atoms with Gasteiger partial charge in [0.25, 0.3) is 5.91 Å². The zero-order valence-electron chi connectivity index (χ0n) is 17.5. The molecule has 31 heavy (non-hydrogen) atoms. The van der Waals surface area contributed by atoms with E-state index >= 15 is 0 Å². The minimum absolute atomic E-state index is 0.0483. The minimum Gasteiger partial charge on any atom is -0.393 e. The van der Waals surface area contributed by atoms with Crippen molar-refractivity contribution in [2.45, 2.75) is 55.8 Å². The highest BCUT2D eigenvalue weighted by atomic mass is 32.2. The standard InChI is InChI=1S/C23H29N3O4S/c27-21-11-13-26(14-12-21)16-18-3-1-17(2-4-18)15-24-23(28)19-5-9-22(10-6-19)31(29,30)25-20-7-8-20/h1-6,9-10,20-21,25,27H,7-8,11-16H2,(H,24,28). The van der Waals surface area contributed by atoms with E-state index in [0.717, 1.165) is 50.9 Å². The largest absolute Gasteiger partial charge is 0.393 e. The van der Waals surface area contributed by atoms with Crippen LogP contribution >= 0.6 is 0 Å². The maximum atomic E-state index is 12.4. The molecule has 0 spiro atoms. The Balaban J connectivity index is 1.27. The molecular formula is C23H29N3O4S. The Labute approximate surface area is 183 Å². The Morgan fingerprint density at radius 2 is 1.55 bits per heavy atom. The molecule has 8 heteroatoms. The Kier molecular flexibility index (Phi) is 6.71. The number of benzene rings is 2. The topological polar surface area (TPSA) is 98.7 Å². The van der Waals surface area contributed by atoms with E-state index in [2.05, 4.69) is 27.1 Å². The van der Waals surface area contributed by atoms with Gasteiger partial charge in [0.1, 0.15) is 0 Å². The molecular weight excluding hydrogens is 414 g/mol. The molecule has 0 bridgehead atoms. The fraction of sp³-hybridized carbons (Fsp3) is 0.435. The van der Waals surface area contributed by atoms with Gasteiger partial charge in [0.2, 0.25) is 10.0 Å². The van der Waals surface area contributed by atoms with E-state index in [0.29, 0.717) is 12.1 Å². The molecule has 2 aromatic carbocycles. The average molecular weight is 444 g/mol. The Bertz CT molecular complexity index is 994. The van der Waals surface area contributed by atoms with Gasteiger partial charge in [0.15, 0.2) is 0 Å². The number of nitrogens with zero attached hydrogens (tertiary/aromatic N) is 1. The van der Waals surface area contributed by atoms with Crippen LogP contribution in [0.3, 0.4) is 0 Å². The summed E-state index contributed by atoms with van der Waals surface area (Å²) in [5, 5.41) is 12.5. The van der Waals surface area contributed by atoms with Gasteiger partial charge in [-0.2, -0.15) is 0 Å². The van der Waals surface area contributed by atoms with Crippen LogP contribution in [0, 0.1) is 0 Å². The number of hydrogen-bond donors (Lipinski definition) is 3.